The van der Waals surface area contributed by atoms with Gasteiger partial charge in [0.15, 0.2) is 0 Å². The second-order valence-electron chi connectivity index (χ2n) is 3.74. The van der Waals surface area contributed by atoms with E-state index in [9.17, 15) is 4.79 Å². The first-order chi connectivity index (χ1) is 8.63. The Morgan fingerprint density at radius 3 is 3.00 bits per heavy atom. The van der Waals surface area contributed by atoms with E-state index in [2.05, 4.69) is 23.3 Å². The van der Waals surface area contributed by atoms with Gasteiger partial charge in [-0.2, -0.15) is 16.9 Å². The number of hydrogen-bond acceptors (Lipinski definition) is 4. The number of nitrogens with zero attached hydrogens (tertiary/aromatic N) is 2. The van der Waals surface area contributed by atoms with E-state index in [0.717, 1.165) is 12.2 Å². The molecule has 0 aliphatic heterocycles. The van der Waals surface area contributed by atoms with Crippen molar-refractivity contribution in [2.45, 2.75) is 25.9 Å². The number of anilines is 1. The molecule has 0 saturated heterocycles. The SMILES string of the molecule is C#CCn1ncc(Cl)c(NC(CC)CSC)c1=O. The molecule has 0 saturated carbocycles. The summed E-state index contributed by atoms with van der Waals surface area (Å²) in [6.45, 7) is 2.20. The van der Waals surface area contributed by atoms with Crippen molar-refractivity contribution in [2.75, 3.05) is 17.3 Å². The maximum Gasteiger partial charge on any atom is 0.292 e. The summed E-state index contributed by atoms with van der Waals surface area (Å²) in [7, 11) is 0. The van der Waals surface area contributed by atoms with Crippen molar-refractivity contribution in [3.05, 3.63) is 21.6 Å². The fraction of sp³-hybridized carbons (Fsp3) is 0.500. The summed E-state index contributed by atoms with van der Waals surface area (Å²) >= 11 is 7.72. The van der Waals surface area contributed by atoms with Gasteiger partial charge in [-0.3, -0.25) is 4.79 Å². The van der Waals surface area contributed by atoms with Crippen molar-refractivity contribution < 1.29 is 0 Å². The van der Waals surface area contributed by atoms with Crippen LogP contribution in [-0.4, -0.2) is 27.8 Å². The van der Waals surface area contributed by atoms with Crippen LogP contribution in [0.2, 0.25) is 5.02 Å². The molecule has 1 N–H and O–H groups in total. The maximum absolute atomic E-state index is 12.1. The summed E-state index contributed by atoms with van der Waals surface area (Å²) in [5, 5.41) is 7.39. The van der Waals surface area contributed by atoms with Gasteiger partial charge in [0, 0.05) is 11.8 Å². The van der Waals surface area contributed by atoms with Crippen LogP contribution in [0.25, 0.3) is 0 Å². The van der Waals surface area contributed by atoms with Crippen LogP contribution in [0.1, 0.15) is 13.3 Å². The second-order valence-corrected chi connectivity index (χ2v) is 5.06. The fourth-order valence-corrected chi connectivity index (χ4v) is 2.37. The highest BCUT2D eigenvalue weighted by Gasteiger charge is 2.13. The maximum atomic E-state index is 12.1. The molecule has 0 bridgehead atoms. The number of nitrogens with one attached hydrogen (secondary N) is 1. The minimum atomic E-state index is -0.278. The van der Waals surface area contributed by atoms with Gasteiger partial charge in [0.25, 0.3) is 5.56 Å². The van der Waals surface area contributed by atoms with Gasteiger partial charge in [-0.25, -0.2) is 4.68 Å². The highest BCUT2D eigenvalue weighted by Crippen LogP contribution is 2.17. The highest BCUT2D eigenvalue weighted by molar-refractivity contribution is 7.98. The first-order valence-electron chi connectivity index (χ1n) is 5.58. The van der Waals surface area contributed by atoms with E-state index in [1.165, 1.54) is 10.9 Å². The molecule has 0 fully saturated rings. The van der Waals surface area contributed by atoms with Gasteiger partial charge in [-0.05, 0) is 12.7 Å². The van der Waals surface area contributed by atoms with Gasteiger partial charge in [0.05, 0.1) is 11.2 Å². The van der Waals surface area contributed by atoms with Crippen LogP contribution in [0.3, 0.4) is 0 Å². The molecule has 18 heavy (non-hydrogen) atoms. The van der Waals surface area contributed by atoms with E-state index >= 15 is 0 Å². The van der Waals surface area contributed by atoms with Crippen LogP contribution < -0.4 is 10.9 Å². The predicted molar refractivity (Wildman–Crippen MR) is 78.4 cm³/mol. The molecular formula is C12H16ClN3OS. The summed E-state index contributed by atoms with van der Waals surface area (Å²) < 4.78 is 1.22. The lowest BCUT2D eigenvalue weighted by Crippen LogP contribution is -2.30. The zero-order chi connectivity index (χ0) is 13.5. The first kappa shape index (κ1) is 14.9. The Morgan fingerprint density at radius 1 is 1.72 bits per heavy atom. The molecule has 1 unspecified atom stereocenters. The standard InChI is InChI=1S/C12H16ClN3OS/c1-4-6-16-12(17)11(10(13)7-14-16)15-9(5-2)8-18-3/h1,7,9,15H,5-6,8H2,2-3H3. The van der Waals surface area contributed by atoms with Crippen molar-refractivity contribution >= 4 is 29.1 Å². The van der Waals surface area contributed by atoms with Gasteiger partial charge in [0.2, 0.25) is 0 Å². The summed E-state index contributed by atoms with van der Waals surface area (Å²) in [5.74, 6) is 3.30. The molecule has 0 aliphatic carbocycles. The van der Waals surface area contributed by atoms with E-state index < -0.39 is 0 Å². The van der Waals surface area contributed by atoms with Crippen LogP contribution in [0.4, 0.5) is 5.69 Å². The smallest absolute Gasteiger partial charge is 0.292 e. The van der Waals surface area contributed by atoms with Crippen molar-refractivity contribution in [3.8, 4) is 12.3 Å². The number of terminal acetylenes is 1. The molecule has 1 atom stereocenters. The quantitative estimate of drug-likeness (QED) is 0.813. The van der Waals surface area contributed by atoms with Gasteiger partial charge >= 0.3 is 0 Å². The third-order valence-corrected chi connectivity index (χ3v) is 3.47. The zero-order valence-corrected chi connectivity index (χ0v) is 12.0. The topological polar surface area (TPSA) is 46.9 Å². The lowest BCUT2D eigenvalue weighted by atomic mass is 10.2. The Hall–Kier alpha value is -1.12. The average molecular weight is 286 g/mol. The molecular weight excluding hydrogens is 270 g/mol. The Labute approximate surface area is 116 Å². The number of rotatable bonds is 6. The van der Waals surface area contributed by atoms with Crippen molar-refractivity contribution in [3.63, 3.8) is 0 Å². The van der Waals surface area contributed by atoms with Gasteiger partial charge in [-0.1, -0.05) is 24.4 Å². The lowest BCUT2D eigenvalue weighted by Gasteiger charge is -2.17. The molecule has 0 aliphatic rings. The van der Waals surface area contributed by atoms with Crippen LogP contribution in [-0.2, 0) is 6.54 Å². The summed E-state index contributed by atoms with van der Waals surface area (Å²) in [6.07, 6.45) is 9.56. The Morgan fingerprint density at radius 2 is 2.44 bits per heavy atom. The monoisotopic (exact) mass is 285 g/mol. The van der Waals surface area contributed by atoms with Crippen LogP contribution in [0.15, 0.2) is 11.0 Å². The summed E-state index contributed by atoms with van der Waals surface area (Å²) in [5.41, 5.74) is 0.0998. The zero-order valence-electron chi connectivity index (χ0n) is 10.4. The normalized spacial score (nSPS) is 11.9. The molecule has 0 amide bonds. The Balaban J connectivity index is 3.04. The molecule has 98 valence electrons. The van der Waals surface area contributed by atoms with Crippen LogP contribution in [0, 0.1) is 12.3 Å². The molecule has 1 aromatic rings. The lowest BCUT2D eigenvalue weighted by molar-refractivity contribution is 0.660. The molecule has 1 aromatic heterocycles. The van der Waals surface area contributed by atoms with E-state index in [1.807, 2.05) is 6.26 Å². The van der Waals surface area contributed by atoms with Crippen LogP contribution >= 0.6 is 23.4 Å². The molecule has 6 heteroatoms. The van der Waals surface area contributed by atoms with E-state index in [-0.39, 0.29) is 18.1 Å². The average Bonchev–Trinajstić information content (AvgIpc) is 2.36. The minimum absolute atomic E-state index is 0.143. The fourth-order valence-electron chi connectivity index (χ4n) is 1.47. The summed E-state index contributed by atoms with van der Waals surface area (Å²) in [6, 6.07) is 0.201. The van der Waals surface area contributed by atoms with E-state index in [0.29, 0.717) is 10.7 Å². The van der Waals surface area contributed by atoms with Crippen molar-refractivity contribution in [1.29, 1.82) is 0 Å². The molecule has 0 aromatic carbocycles. The van der Waals surface area contributed by atoms with Gasteiger partial charge in [-0.15, -0.1) is 6.42 Å². The largest absolute Gasteiger partial charge is 0.376 e. The van der Waals surface area contributed by atoms with E-state index in [1.54, 1.807) is 11.8 Å². The molecule has 1 heterocycles. The van der Waals surface area contributed by atoms with Crippen molar-refractivity contribution in [2.24, 2.45) is 0 Å². The molecule has 0 spiro atoms. The van der Waals surface area contributed by atoms with E-state index in [4.69, 9.17) is 18.0 Å². The molecule has 4 nitrogen and oxygen atoms in total. The number of hydrogen-bond donors (Lipinski definition) is 1. The predicted octanol–water partition coefficient (Wildman–Crippen LogP) is 2.08. The minimum Gasteiger partial charge on any atom is -0.376 e. The number of aromatic nitrogens is 2. The third kappa shape index (κ3) is 3.69. The van der Waals surface area contributed by atoms with Crippen molar-refractivity contribution in [1.82, 2.24) is 9.78 Å². The highest BCUT2D eigenvalue weighted by atomic mass is 35.5. The summed E-state index contributed by atoms with van der Waals surface area (Å²) in [4.78, 5) is 12.1. The Bertz CT molecular complexity index is 495. The second kappa shape index (κ2) is 7.34. The first-order valence-corrected chi connectivity index (χ1v) is 7.35. The number of thioether (sulfide) groups is 1. The Kier molecular flexibility index (Phi) is 6.10. The molecule has 0 radical (unpaired) electrons. The third-order valence-electron chi connectivity index (χ3n) is 2.45. The molecule has 1 rings (SSSR count). The van der Waals surface area contributed by atoms with Gasteiger partial charge < -0.3 is 5.32 Å². The van der Waals surface area contributed by atoms with Gasteiger partial charge in [0.1, 0.15) is 12.2 Å². The number of halogens is 1. The van der Waals surface area contributed by atoms with Crippen LogP contribution in [0.5, 0.6) is 0 Å².